The lowest BCUT2D eigenvalue weighted by atomic mass is 10.1. The number of azo groups is 1. The Balaban J connectivity index is 1.61. The largest absolute Gasteiger partial charge is 0.509 e. The van der Waals surface area contributed by atoms with Crippen molar-refractivity contribution in [1.82, 2.24) is 4.98 Å². The van der Waals surface area contributed by atoms with Crippen molar-refractivity contribution in [3.8, 4) is 0 Å². The molecule has 1 aliphatic rings. The Hall–Kier alpha value is -3.12. The highest BCUT2D eigenvalue weighted by Gasteiger charge is 2.32. The van der Waals surface area contributed by atoms with Gasteiger partial charge in [0.1, 0.15) is 19.3 Å². The number of aryl methyl sites for hydroxylation is 1. The summed E-state index contributed by atoms with van der Waals surface area (Å²) >= 11 is 0.882. The highest BCUT2D eigenvalue weighted by molar-refractivity contribution is 7.18. The van der Waals surface area contributed by atoms with E-state index in [4.69, 9.17) is 9.47 Å². The number of benzene rings is 1. The van der Waals surface area contributed by atoms with Crippen LogP contribution in [0.3, 0.4) is 0 Å². The van der Waals surface area contributed by atoms with Crippen molar-refractivity contribution in [3.63, 3.8) is 0 Å². The summed E-state index contributed by atoms with van der Waals surface area (Å²) in [6.45, 7) is 7.58. The quantitative estimate of drug-likeness (QED) is 0.170. The second-order valence-corrected chi connectivity index (χ2v) is 9.12. The van der Waals surface area contributed by atoms with Crippen LogP contribution in [0.1, 0.15) is 12.5 Å². The normalized spacial score (nSPS) is 16.2. The average Bonchev–Trinajstić information content (AvgIpc) is 3.36. The van der Waals surface area contributed by atoms with E-state index in [0.29, 0.717) is 23.3 Å². The van der Waals surface area contributed by atoms with Crippen molar-refractivity contribution < 1.29 is 23.7 Å². The number of hydrogen-bond acceptors (Lipinski definition) is 10. The van der Waals surface area contributed by atoms with Crippen LogP contribution >= 0.6 is 11.3 Å². The van der Waals surface area contributed by atoms with Crippen LogP contribution < -0.4 is 4.90 Å². The number of nitrogens with zero attached hydrogens (tertiary/aromatic N) is 6. The van der Waals surface area contributed by atoms with E-state index in [1.165, 1.54) is 6.20 Å². The highest BCUT2D eigenvalue weighted by Crippen LogP contribution is 2.30. The smallest absolute Gasteiger partial charge is 0.430 e. The number of quaternary nitrogens is 1. The molecule has 1 fully saturated rings. The van der Waals surface area contributed by atoms with Crippen LogP contribution in [0.25, 0.3) is 0 Å². The number of carbonyl (C=O) groups is 1. The third-order valence-electron chi connectivity index (χ3n) is 5.15. The fourth-order valence-electron chi connectivity index (χ4n) is 3.39. The van der Waals surface area contributed by atoms with Crippen LogP contribution in [0, 0.1) is 17.0 Å². The Morgan fingerprint density at radius 1 is 1.38 bits per heavy atom. The highest BCUT2D eigenvalue weighted by atomic mass is 32.1. The molecule has 0 radical (unpaired) electrons. The first-order valence-electron chi connectivity index (χ1n) is 10.2. The summed E-state index contributed by atoms with van der Waals surface area (Å²) in [5.41, 5.74) is 2.70. The molecule has 0 aliphatic carbocycles. The zero-order valence-electron chi connectivity index (χ0n) is 18.6. The molecule has 1 aliphatic heterocycles. The van der Waals surface area contributed by atoms with Crippen molar-refractivity contribution in [2.75, 3.05) is 51.8 Å². The van der Waals surface area contributed by atoms with Gasteiger partial charge in [-0.2, -0.15) is 0 Å². The molecule has 172 valence electrons. The number of aromatic nitrogens is 1. The van der Waals surface area contributed by atoms with Crippen LogP contribution in [0.5, 0.6) is 0 Å². The first kappa shape index (κ1) is 23.5. The molecule has 0 saturated carbocycles. The lowest BCUT2D eigenvalue weighted by Gasteiger charge is -2.34. The standard InChI is InChI=1S/C20H27N6O5S/c1-5-24(8-9-26(3,4)12-16-13-30-20(27)31-16)15-6-7-17(14(2)10-15)22-23-19-21-11-18(32-19)25(28)29/h6-7,10-11,16H,5,8-9,12-13H2,1-4H3/q+1. The molecule has 1 saturated heterocycles. The van der Waals surface area contributed by atoms with Gasteiger partial charge in [0.05, 0.1) is 37.8 Å². The predicted octanol–water partition coefficient (Wildman–Crippen LogP) is 4.21. The number of likely N-dealkylation sites (N-methyl/N-ethyl adjacent to an activating group) is 2. The van der Waals surface area contributed by atoms with Crippen molar-refractivity contribution in [3.05, 3.63) is 40.1 Å². The number of carbonyl (C=O) groups excluding carboxylic acids is 1. The second kappa shape index (κ2) is 10.0. The summed E-state index contributed by atoms with van der Waals surface area (Å²) in [7, 11) is 4.22. The molecule has 3 rings (SSSR count). The minimum atomic E-state index is -0.592. The van der Waals surface area contributed by atoms with Gasteiger partial charge in [-0.1, -0.05) is 0 Å². The van der Waals surface area contributed by atoms with Crippen LogP contribution in [0.4, 0.5) is 26.3 Å². The summed E-state index contributed by atoms with van der Waals surface area (Å²) in [4.78, 5) is 27.6. The first-order valence-corrected chi connectivity index (χ1v) is 11.0. The summed E-state index contributed by atoms with van der Waals surface area (Å²) in [5.74, 6) is 0. The summed E-state index contributed by atoms with van der Waals surface area (Å²) in [6.07, 6.45) is 0.377. The number of cyclic esters (lactones) is 2. The van der Waals surface area contributed by atoms with Gasteiger partial charge in [0, 0.05) is 12.2 Å². The van der Waals surface area contributed by atoms with Gasteiger partial charge in [0.2, 0.25) is 5.13 Å². The molecule has 0 spiro atoms. The SMILES string of the molecule is CCN(CC[N+](C)(C)CC1COC(=O)O1)c1ccc(N=Nc2ncc([N+](=O)[O-])s2)c(C)c1. The van der Waals surface area contributed by atoms with Crippen LogP contribution in [0.15, 0.2) is 34.6 Å². The van der Waals surface area contributed by atoms with Crippen LogP contribution in [-0.4, -0.2) is 73.5 Å². The summed E-state index contributed by atoms with van der Waals surface area (Å²) < 4.78 is 10.7. The molecule has 1 unspecified atom stereocenters. The molecular formula is C20H27N6O5S+. The van der Waals surface area contributed by atoms with Gasteiger partial charge in [-0.15, -0.1) is 10.2 Å². The van der Waals surface area contributed by atoms with Crippen molar-refractivity contribution in [2.45, 2.75) is 20.0 Å². The van der Waals surface area contributed by atoms with Gasteiger partial charge < -0.3 is 18.9 Å². The molecule has 0 amide bonds. The van der Waals surface area contributed by atoms with Gasteiger partial charge >= 0.3 is 11.2 Å². The first-order chi connectivity index (χ1) is 15.2. The molecular weight excluding hydrogens is 436 g/mol. The van der Waals surface area contributed by atoms with E-state index < -0.39 is 11.1 Å². The lowest BCUT2D eigenvalue weighted by Crippen LogP contribution is -2.50. The zero-order valence-corrected chi connectivity index (χ0v) is 19.4. The Kier molecular flexibility index (Phi) is 7.36. The Bertz CT molecular complexity index is 1010. The van der Waals surface area contributed by atoms with Gasteiger partial charge in [-0.3, -0.25) is 10.1 Å². The fourth-order valence-corrected chi connectivity index (χ4v) is 3.95. The fraction of sp³-hybridized carbons (Fsp3) is 0.500. The molecule has 0 N–H and O–H groups in total. The maximum Gasteiger partial charge on any atom is 0.509 e. The van der Waals surface area contributed by atoms with E-state index in [2.05, 4.69) is 47.2 Å². The minimum absolute atomic E-state index is 0.0652. The Morgan fingerprint density at radius 3 is 2.75 bits per heavy atom. The second-order valence-electron chi connectivity index (χ2n) is 8.13. The van der Waals surface area contributed by atoms with Gasteiger partial charge in [-0.25, -0.2) is 9.78 Å². The maximum atomic E-state index is 11.1. The molecule has 2 aromatic rings. The maximum absolute atomic E-state index is 11.1. The van der Waals surface area contributed by atoms with Crippen LogP contribution in [0.2, 0.25) is 0 Å². The molecule has 32 heavy (non-hydrogen) atoms. The average molecular weight is 464 g/mol. The Labute approximate surface area is 190 Å². The lowest BCUT2D eigenvalue weighted by molar-refractivity contribution is -0.891. The molecule has 1 aromatic carbocycles. The number of nitro groups is 1. The topological polar surface area (TPSA) is 120 Å². The molecule has 0 bridgehead atoms. The molecule has 2 heterocycles. The molecule has 12 heteroatoms. The third-order valence-corrected chi connectivity index (χ3v) is 5.99. The summed E-state index contributed by atoms with van der Waals surface area (Å²) in [6, 6.07) is 5.92. The molecule has 1 aromatic heterocycles. The van der Waals surface area contributed by atoms with E-state index >= 15 is 0 Å². The van der Waals surface area contributed by atoms with Gasteiger partial charge in [-0.05, 0) is 48.9 Å². The van der Waals surface area contributed by atoms with E-state index in [0.717, 1.165) is 42.2 Å². The summed E-state index contributed by atoms with van der Waals surface area (Å²) in [5, 5.41) is 19.2. The number of rotatable bonds is 10. The van der Waals surface area contributed by atoms with Crippen molar-refractivity contribution >= 4 is 39.0 Å². The Morgan fingerprint density at radius 2 is 2.16 bits per heavy atom. The van der Waals surface area contributed by atoms with E-state index in [1.807, 2.05) is 19.1 Å². The van der Waals surface area contributed by atoms with Gasteiger partial charge in [0.25, 0.3) is 0 Å². The number of hydrogen-bond donors (Lipinski definition) is 0. The molecule has 1 atom stereocenters. The van der Waals surface area contributed by atoms with E-state index in [1.54, 1.807) is 0 Å². The van der Waals surface area contributed by atoms with E-state index in [-0.39, 0.29) is 16.2 Å². The molecule has 11 nitrogen and oxygen atoms in total. The van der Waals surface area contributed by atoms with Gasteiger partial charge in [0.15, 0.2) is 6.10 Å². The number of thiazole rings is 1. The predicted molar refractivity (Wildman–Crippen MR) is 120 cm³/mol. The minimum Gasteiger partial charge on any atom is -0.430 e. The van der Waals surface area contributed by atoms with Crippen molar-refractivity contribution in [2.24, 2.45) is 10.2 Å². The van der Waals surface area contributed by atoms with Crippen LogP contribution in [-0.2, 0) is 9.47 Å². The number of anilines is 1. The monoisotopic (exact) mass is 463 g/mol. The zero-order chi connectivity index (χ0) is 23.3. The number of ether oxygens (including phenoxy) is 2. The third kappa shape index (κ3) is 6.20. The van der Waals surface area contributed by atoms with Crippen molar-refractivity contribution in [1.29, 1.82) is 0 Å². The van der Waals surface area contributed by atoms with E-state index in [9.17, 15) is 14.9 Å².